The largest absolute Gasteiger partial charge is 0.480 e. The molecule has 0 aromatic heterocycles. The number of aliphatic carboxylic acids is 1. The summed E-state index contributed by atoms with van der Waals surface area (Å²) in [6, 6.07) is 6.20. The topological polar surface area (TPSA) is 105 Å². The number of benzene rings is 1. The highest BCUT2D eigenvalue weighted by molar-refractivity contribution is 5.85. The van der Waals surface area contributed by atoms with Gasteiger partial charge in [0, 0.05) is 12.3 Å². The summed E-state index contributed by atoms with van der Waals surface area (Å²) in [6.45, 7) is 7.21. The highest BCUT2D eigenvalue weighted by atomic mass is 16.6. The predicted octanol–water partition coefficient (Wildman–Crippen LogP) is 3.18. The molecule has 0 spiro atoms. The molecule has 1 heterocycles. The molecule has 1 aliphatic rings. The van der Waals surface area contributed by atoms with Crippen LogP contribution in [0.2, 0.25) is 0 Å². The minimum atomic E-state index is -1.06. The fourth-order valence-electron chi connectivity index (χ4n) is 3.22. The molecule has 1 aromatic rings. The van der Waals surface area contributed by atoms with Crippen molar-refractivity contribution in [3.63, 3.8) is 0 Å². The Labute approximate surface area is 165 Å². The van der Waals surface area contributed by atoms with Gasteiger partial charge in [0.1, 0.15) is 11.6 Å². The highest BCUT2D eigenvalue weighted by Gasteiger charge is 2.26. The van der Waals surface area contributed by atoms with Gasteiger partial charge in [-0.25, -0.2) is 9.59 Å². The maximum Gasteiger partial charge on any atom is 0.408 e. The van der Waals surface area contributed by atoms with Gasteiger partial charge in [0.15, 0.2) is 0 Å². The highest BCUT2D eigenvalue weighted by Crippen LogP contribution is 2.24. The number of amides is 2. The van der Waals surface area contributed by atoms with Gasteiger partial charge in [0.05, 0.1) is 6.04 Å². The lowest BCUT2D eigenvalue weighted by Crippen LogP contribution is -2.44. The first-order valence-corrected chi connectivity index (χ1v) is 9.66. The summed E-state index contributed by atoms with van der Waals surface area (Å²) in [5, 5.41) is 15.0. The lowest BCUT2D eigenvalue weighted by atomic mass is 9.93. The van der Waals surface area contributed by atoms with Gasteiger partial charge in [-0.2, -0.15) is 0 Å². The smallest absolute Gasteiger partial charge is 0.408 e. The summed E-state index contributed by atoms with van der Waals surface area (Å²) in [6.07, 6.45) is 1.65. The average Bonchev–Trinajstić information content (AvgIpc) is 2.57. The summed E-state index contributed by atoms with van der Waals surface area (Å²) in [5.41, 5.74) is 1.08. The molecule has 1 aliphatic heterocycles. The Morgan fingerprint density at radius 3 is 2.61 bits per heavy atom. The first-order valence-electron chi connectivity index (χ1n) is 9.66. The van der Waals surface area contributed by atoms with Crippen molar-refractivity contribution in [2.24, 2.45) is 5.92 Å². The van der Waals surface area contributed by atoms with E-state index >= 15 is 0 Å². The van der Waals surface area contributed by atoms with Crippen LogP contribution in [-0.2, 0) is 20.7 Å². The van der Waals surface area contributed by atoms with Crippen LogP contribution >= 0.6 is 0 Å². The second-order valence-electron chi connectivity index (χ2n) is 8.38. The number of carboxylic acids is 1. The van der Waals surface area contributed by atoms with E-state index in [0.717, 1.165) is 11.1 Å². The van der Waals surface area contributed by atoms with Crippen LogP contribution in [0.15, 0.2) is 24.3 Å². The number of carbonyl (C=O) groups excluding carboxylic acids is 2. The van der Waals surface area contributed by atoms with Crippen LogP contribution in [0.3, 0.4) is 0 Å². The lowest BCUT2D eigenvalue weighted by molar-refractivity contribution is -0.142. The molecule has 2 bridgehead atoms. The van der Waals surface area contributed by atoms with Gasteiger partial charge in [-0.15, -0.1) is 0 Å². The van der Waals surface area contributed by atoms with E-state index in [9.17, 15) is 19.5 Å². The molecule has 7 heteroatoms. The van der Waals surface area contributed by atoms with Gasteiger partial charge in [-0.3, -0.25) is 4.79 Å². The van der Waals surface area contributed by atoms with Gasteiger partial charge in [0.2, 0.25) is 5.91 Å². The van der Waals surface area contributed by atoms with Crippen molar-refractivity contribution in [1.82, 2.24) is 10.6 Å². The SMILES string of the molecule is C[C@@H]1CCC[C@H](NC(=O)OC(C)(C)C)c2cccc(c2)C[C@H](C(=O)O)NC1=O. The molecular weight excluding hydrogens is 360 g/mol. The Hall–Kier alpha value is -2.57. The fraction of sp³-hybridized carbons (Fsp3) is 0.571. The van der Waals surface area contributed by atoms with Crippen LogP contribution in [0.1, 0.15) is 64.1 Å². The summed E-state index contributed by atoms with van der Waals surface area (Å²) >= 11 is 0. The minimum absolute atomic E-state index is 0.181. The van der Waals surface area contributed by atoms with E-state index in [1.54, 1.807) is 27.7 Å². The number of carbonyl (C=O) groups is 3. The molecule has 2 amide bonds. The fourth-order valence-corrected chi connectivity index (χ4v) is 3.22. The van der Waals surface area contributed by atoms with E-state index in [4.69, 9.17) is 4.74 Å². The summed E-state index contributed by atoms with van der Waals surface area (Å²) in [4.78, 5) is 36.2. The van der Waals surface area contributed by atoms with Crippen LogP contribution in [0, 0.1) is 5.92 Å². The van der Waals surface area contributed by atoms with Crippen LogP contribution in [0.5, 0.6) is 0 Å². The number of hydrogen-bond acceptors (Lipinski definition) is 4. The molecule has 7 nitrogen and oxygen atoms in total. The molecule has 0 fully saturated rings. The van der Waals surface area contributed by atoms with Crippen LogP contribution in [-0.4, -0.2) is 34.7 Å². The molecule has 3 N–H and O–H groups in total. The minimum Gasteiger partial charge on any atom is -0.480 e. The number of rotatable bonds is 2. The third-order valence-corrected chi connectivity index (χ3v) is 4.68. The van der Waals surface area contributed by atoms with Crippen molar-refractivity contribution in [2.75, 3.05) is 0 Å². The number of carboxylic acid groups (broad SMARTS) is 1. The van der Waals surface area contributed by atoms with E-state index < -0.39 is 23.7 Å². The molecule has 0 unspecified atom stereocenters. The van der Waals surface area contributed by atoms with E-state index in [2.05, 4.69) is 10.6 Å². The Morgan fingerprint density at radius 1 is 1.25 bits per heavy atom. The number of alkyl carbamates (subject to hydrolysis) is 1. The van der Waals surface area contributed by atoms with Crippen LogP contribution in [0.25, 0.3) is 0 Å². The standard InChI is InChI=1S/C21H30N2O5/c1-13-7-5-10-16(23-20(27)28-21(2,3)4)15-9-6-8-14(11-15)12-17(19(25)26)22-18(13)24/h6,8-9,11,13,16-17H,5,7,10,12H2,1-4H3,(H,22,24)(H,23,27)(H,25,26)/t13-,16+,17-/m1/s1. The van der Waals surface area contributed by atoms with E-state index in [1.165, 1.54) is 0 Å². The Balaban J connectivity index is 2.29. The number of fused-ring (bicyclic) bond motifs is 2. The van der Waals surface area contributed by atoms with Gasteiger partial charge in [-0.1, -0.05) is 37.6 Å². The van der Waals surface area contributed by atoms with Crippen LogP contribution < -0.4 is 10.6 Å². The molecule has 0 aliphatic carbocycles. The van der Waals surface area contributed by atoms with Crippen molar-refractivity contribution in [2.45, 2.75) is 71.1 Å². The van der Waals surface area contributed by atoms with E-state index in [0.29, 0.717) is 19.3 Å². The zero-order valence-corrected chi connectivity index (χ0v) is 17.0. The first kappa shape index (κ1) is 21.7. The van der Waals surface area contributed by atoms with Crippen molar-refractivity contribution >= 4 is 18.0 Å². The Bertz CT molecular complexity index is 726. The lowest BCUT2D eigenvalue weighted by Gasteiger charge is -2.25. The molecule has 1 aromatic carbocycles. The van der Waals surface area contributed by atoms with E-state index in [-0.39, 0.29) is 24.3 Å². The third-order valence-electron chi connectivity index (χ3n) is 4.68. The van der Waals surface area contributed by atoms with E-state index in [1.807, 2.05) is 24.3 Å². The van der Waals surface area contributed by atoms with Crippen LogP contribution in [0.4, 0.5) is 4.79 Å². The second-order valence-corrected chi connectivity index (χ2v) is 8.38. The summed E-state index contributed by atoms with van der Waals surface area (Å²) in [5.74, 6) is -1.63. The number of hydrogen-bond donors (Lipinski definition) is 3. The maximum atomic E-state index is 12.3. The zero-order chi connectivity index (χ0) is 20.9. The summed E-state index contributed by atoms with van der Waals surface area (Å²) in [7, 11) is 0. The third kappa shape index (κ3) is 6.55. The second kappa shape index (κ2) is 9.08. The molecular formula is C21H30N2O5. The van der Waals surface area contributed by atoms with Crippen molar-refractivity contribution in [3.05, 3.63) is 35.4 Å². The summed E-state index contributed by atoms with van der Waals surface area (Å²) < 4.78 is 5.38. The molecule has 2 rings (SSSR count). The first-order chi connectivity index (χ1) is 13.0. The van der Waals surface area contributed by atoms with Gasteiger partial charge >= 0.3 is 12.1 Å². The average molecular weight is 390 g/mol. The van der Waals surface area contributed by atoms with Crippen molar-refractivity contribution in [1.29, 1.82) is 0 Å². The Morgan fingerprint density at radius 2 is 1.96 bits per heavy atom. The molecule has 3 atom stereocenters. The van der Waals surface area contributed by atoms with Crippen molar-refractivity contribution in [3.8, 4) is 0 Å². The normalized spacial score (nSPS) is 23.6. The maximum absolute atomic E-state index is 12.3. The quantitative estimate of drug-likeness (QED) is 0.719. The molecule has 0 saturated carbocycles. The Kier molecular flexibility index (Phi) is 7.05. The van der Waals surface area contributed by atoms with Gasteiger partial charge < -0.3 is 20.5 Å². The predicted molar refractivity (Wildman–Crippen MR) is 105 cm³/mol. The molecule has 28 heavy (non-hydrogen) atoms. The van der Waals surface area contributed by atoms with Crippen molar-refractivity contribution < 1.29 is 24.2 Å². The molecule has 0 saturated heterocycles. The monoisotopic (exact) mass is 390 g/mol. The molecule has 154 valence electrons. The van der Waals surface area contributed by atoms with Gasteiger partial charge in [0.25, 0.3) is 0 Å². The molecule has 0 radical (unpaired) electrons. The zero-order valence-electron chi connectivity index (χ0n) is 17.0. The van der Waals surface area contributed by atoms with Gasteiger partial charge in [-0.05, 0) is 44.7 Å². The number of ether oxygens (including phenoxy) is 1. The number of nitrogens with one attached hydrogen (secondary N) is 2.